The molecule has 0 heterocycles. The van der Waals surface area contributed by atoms with Crippen LogP contribution >= 0.6 is 11.6 Å². The molecule has 0 aliphatic heterocycles. The fourth-order valence-electron chi connectivity index (χ4n) is 2.67. The SMILES string of the molecule is C[C@H](NCC1(O)CCCCC1)c1ccccc1Cl. The maximum absolute atomic E-state index is 10.4. The molecular formula is C15H22ClNO. The van der Waals surface area contributed by atoms with E-state index in [2.05, 4.69) is 12.2 Å². The monoisotopic (exact) mass is 267 g/mol. The molecule has 0 amide bonds. The van der Waals surface area contributed by atoms with Crippen LogP contribution < -0.4 is 5.32 Å². The average molecular weight is 268 g/mol. The normalized spacial score (nSPS) is 20.6. The molecular weight excluding hydrogens is 246 g/mol. The maximum atomic E-state index is 10.4. The van der Waals surface area contributed by atoms with E-state index in [9.17, 15) is 5.11 Å². The van der Waals surface area contributed by atoms with Gasteiger partial charge in [-0.05, 0) is 31.4 Å². The van der Waals surface area contributed by atoms with E-state index in [0.29, 0.717) is 6.54 Å². The van der Waals surface area contributed by atoms with Crippen LogP contribution in [-0.4, -0.2) is 17.3 Å². The second kappa shape index (κ2) is 6.05. The third-order valence-corrected chi connectivity index (χ3v) is 4.24. The van der Waals surface area contributed by atoms with Crippen molar-refractivity contribution in [2.24, 2.45) is 0 Å². The van der Waals surface area contributed by atoms with Gasteiger partial charge in [0.1, 0.15) is 0 Å². The van der Waals surface area contributed by atoms with Crippen molar-refractivity contribution in [2.75, 3.05) is 6.54 Å². The summed E-state index contributed by atoms with van der Waals surface area (Å²) in [5, 5.41) is 14.6. The van der Waals surface area contributed by atoms with Gasteiger partial charge in [0.15, 0.2) is 0 Å². The fourth-order valence-corrected chi connectivity index (χ4v) is 2.97. The Morgan fingerprint density at radius 3 is 2.61 bits per heavy atom. The number of nitrogens with one attached hydrogen (secondary N) is 1. The van der Waals surface area contributed by atoms with E-state index >= 15 is 0 Å². The number of hydrogen-bond acceptors (Lipinski definition) is 2. The Hall–Kier alpha value is -0.570. The van der Waals surface area contributed by atoms with Gasteiger partial charge in [-0.1, -0.05) is 49.1 Å². The quantitative estimate of drug-likeness (QED) is 0.872. The number of rotatable bonds is 4. The summed E-state index contributed by atoms with van der Waals surface area (Å²) in [6.07, 6.45) is 5.35. The minimum absolute atomic E-state index is 0.171. The number of hydrogen-bond donors (Lipinski definition) is 2. The van der Waals surface area contributed by atoms with Gasteiger partial charge in [0.2, 0.25) is 0 Å². The summed E-state index contributed by atoms with van der Waals surface area (Å²) < 4.78 is 0. The number of halogens is 1. The maximum Gasteiger partial charge on any atom is 0.0771 e. The Morgan fingerprint density at radius 2 is 1.94 bits per heavy atom. The van der Waals surface area contributed by atoms with Crippen LogP contribution in [0, 0.1) is 0 Å². The second-order valence-corrected chi connectivity index (χ2v) is 5.82. The molecule has 3 heteroatoms. The topological polar surface area (TPSA) is 32.3 Å². The van der Waals surface area contributed by atoms with E-state index in [1.165, 1.54) is 6.42 Å². The molecule has 1 aromatic carbocycles. The molecule has 2 nitrogen and oxygen atoms in total. The smallest absolute Gasteiger partial charge is 0.0771 e. The van der Waals surface area contributed by atoms with Gasteiger partial charge in [-0.3, -0.25) is 0 Å². The summed E-state index contributed by atoms with van der Waals surface area (Å²) in [4.78, 5) is 0. The van der Waals surface area contributed by atoms with Crippen LogP contribution in [0.25, 0.3) is 0 Å². The molecule has 1 fully saturated rings. The zero-order valence-electron chi connectivity index (χ0n) is 11.0. The largest absolute Gasteiger partial charge is 0.389 e. The lowest BCUT2D eigenvalue weighted by molar-refractivity contribution is 0.00300. The highest BCUT2D eigenvalue weighted by Gasteiger charge is 2.29. The van der Waals surface area contributed by atoms with Crippen LogP contribution in [0.4, 0.5) is 0 Å². The highest BCUT2D eigenvalue weighted by atomic mass is 35.5. The van der Waals surface area contributed by atoms with Gasteiger partial charge in [-0.15, -0.1) is 0 Å². The van der Waals surface area contributed by atoms with Crippen LogP contribution in [0.1, 0.15) is 50.6 Å². The molecule has 100 valence electrons. The summed E-state index contributed by atoms with van der Waals surface area (Å²) in [5.41, 5.74) is 0.576. The van der Waals surface area contributed by atoms with E-state index in [4.69, 9.17) is 11.6 Å². The summed E-state index contributed by atoms with van der Waals surface area (Å²) in [7, 11) is 0. The van der Waals surface area contributed by atoms with Gasteiger partial charge in [0, 0.05) is 17.6 Å². The van der Waals surface area contributed by atoms with Crippen molar-refractivity contribution in [1.82, 2.24) is 5.32 Å². The molecule has 1 aromatic rings. The molecule has 0 bridgehead atoms. The Bertz CT molecular complexity index is 388. The Kier molecular flexibility index (Phi) is 4.66. The third-order valence-electron chi connectivity index (χ3n) is 3.89. The first kappa shape index (κ1) is 13.9. The average Bonchev–Trinajstić information content (AvgIpc) is 2.38. The van der Waals surface area contributed by atoms with E-state index in [1.54, 1.807) is 0 Å². The van der Waals surface area contributed by atoms with Crippen molar-refractivity contribution in [3.63, 3.8) is 0 Å². The van der Waals surface area contributed by atoms with Crippen LogP contribution in [0.3, 0.4) is 0 Å². The molecule has 2 N–H and O–H groups in total. The van der Waals surface area contributed by atoms with E-state index < -0.39 is 5.60 Å². The molecule has 0 aromatic heterocycles. The van der Waals surface area contributed by atoms with Crippen LogP contribution in [0.15, 0.2) is 24.3 Å². The van der Waals surface area contributed by atoms with Crippen molar-refractivity contribution in [3.05, 3.63) is 34.9 Å². The molecule has 18 heavy (non-hydrogen) atoms. The van der Waals surface area contributed by atoms with Gasteiger partial charge in [-0.2, -0.15) is 0 Å². The summed E-state index contributed by atoms with van der Waals surface area (Å²) in [5.74, 6) is 0. The van der Waals surface area contributed by atoms with Gasteiger partial charge in [-0.25, -0.2) is 0 Å². The van der Waals surface area contributed by atoms with Gasteiger partial charge in [0.25, 0.3) is 0 Å². The van der Waals surface area contributed by atoms with E-state index in [0.717, 1.165) is 36.3 Å². The van der Waals surface area contributed by atoms with Crippen LogP contribution in [-0.2, 0) is 0 Å². The van der Waals surface area contributed by atoms with Gasteiger partial charge in [0.05, 0.1) is 5.60 Å². The first-order chi connectivity index (χ1) is 8.61. The minimum atomic E-state index is -0.520. The lowest BCUT2D eigenvalue weighted by Crippen LogP contribution is -2.42. The Balaban J connectivity index is 1.92. The van der Waals surface area contributed by atoms with Crippen LogP contribution in [0.5, 0.6) is 0 Å². The van der Waals surface area contributed by atoms with E-state index in [1.807, 2.05) is 24.3 Å². The first-order valence-corrected chi connectivity index (χ1v) is 7.19. The molecule has 0 radical (unpaired) electrons. The molecule has 0 spiro atoms. The van der Waals surface area contributed by atoms with Crippen molar-refractivity contribution < 1.29 is 5.11 Å². The van der Waals surface area contributed by atoms with Crippen molar-refractivity contribution in [3.8, 4) is 0 Å². The molecule has 1 aliphatic rings. The second-order valence-electron chi connectivity index (χ2n) is 5.41. The van der Waals surface area contributed by atoms with Gasteiger partial charge >= 0.3 is 0 Å². The molecule has 1 aliphatic carbocycles. The zero-order valence-corrected chi connectivity index (χ0v) is 11.7. The highest BCUT2D eigenvalue weighted by molar-refractivity contribution is 6.31. The summed E-state index contributed by atoms with van der Waals surface area (Å²) >= 11 is 6.17. The first-order valence-electron chi connectivity index (χ1n) is 6.81. The van der Waals surface area contributed by atoms with E-state index in [-0.39, 0.29) is 6.04 Å². The van der Waals surface area contributed by atoms with Crippen molar-refractivity contribution >= 4 is 11.6 Å². The highest BCUT2D eigenvalue weighted by Crippen LogP contribution is 2.28. The molecule has 2 rings (SSSR count). The van der Waals surface area contributed by atoms with Crippen molar-refractivity contribution in [2.45, 2.75) is 50.7 Å². The lowest BCUT2D eigenvalue weighted by atomic mass is 9.84. The Morgan fingerprint density at radius 1 is 1.28 bits per heavy atom. The molecule has 0 saturated heterocycles. The third kappa shape index (κ3) is 3.47. The molecule has 1 atom stereocenters. The predicted molar refractivity (Wildman–Crippen MR) is 75.9 cm³/mol. The summed E-state index contributed by atoms with van der Waals surface area (Å²) in [6.45, 7) is 2.74. The van der Waals surface area contributed by atoms with Gasteiger partial charge < -0.3 is 10.4 Å². The molecule has 0 unspecified atom stereocenters. The number of benzene rings is 1. The minimum Gasteiger partial charge on any atom is -0.389 e. The summed E-state index contributed by atoms with van der Waals surface area (Å²) in [6, 6.07) is 8.04. The Labute approximate surface area is 114 Å². The fraction of sp³-hybridized carbons (Fsp3) is 0.600. The predicted octanol–water partition coefficient (Wildman–Crippen LogP) is 3.69. The standard InChI is InChI=1S/C15H22ClNO/c1-12(13-7-3-4-8-14(13)16)17-11-15(18)9-5-2-6-10-15/h3-4,7-8,12,17-18H,2,5-6,9-11H2,1H3/t12-/m0/s1. The lowest BCUT2D eigenvalue weighted by Gasteiger charge is -2.33. The van der Waals surface area contributed by atoms with Crippen molar-refractivity contribution in [1.29, 1.82) is 0 Å². The number of aliphatic hydroxyl groups is 1. The van der Waals surface area contributed by atoms with Crippen LogP contribution in [0.2, 0.25) is 5.02 Å². The zero-order chi connectivity index (χ0) is 13.0. The molecule has 1 saturated carbocycles.